The van der Waals surface area contributed by atoms with Crippen molar-refractivity contribution in [2.45, 2.75) is 33.2 Å². The van der Waals surface area contributed by atoms with Crippen molar-refractivity contribution in [1.82, 2.24) is 14.7 Å². The highest BCUT2D eigenvalue weighted by molar-refractivity contribution is 5.94. The molecule has 19 heavy (non-hydrogen) atoms. The molecule has 1 saturated carbocycles. The molecule has 0 saturated heterocycles. The Morgan fingerprint density at radius 1 is 1.53 bits per heavy atom. The molecule has 0 aromatic carbocycles. The number of carboxylic acid groups (broad SMARTS) is 1. The van der Waals surface area contributed by atoms with Gasteiger partial charge in [-0.1, -0.05) is 0 Å². The molecule has 1 aromatic rings. The number of hydrogen-bond donors (Lipinski definition) is 1. The Hall–Kier alpha value is -1.85. The van der Waals surface area contributed by atoms with Gasteiger partial charge >= 0.3 is 5.97 Å². The van der Waals surface area contributed by atoms with E-state index in [9.17, 15) is 9.59 Å². The summed E-state index contributed by atoms with van der Waals surface area (Å²) in [6.45, 7) is 4.61. The minimum Gasteiger partial charge on any atom is -0.480 e. The van der Waals surface area contributed by atoms with E-state index in [1.165, 1.54) is 4.90 Å². The van der Waals surface area contributed by atoms with Crippen LogP contribution >= 0.6 is 0 Å². The van der Waals surface area contributed by atoms with Crippen molar-refractivity contribution in [3.63, 3.8) is 0 Å². The molecule has 1 aromatic heterocycles. The number of amides is 1. The quantitative estimate of drug-likeness (QED) is 0.837. The van der Waals surface area contributed by atoms with E-state index in [4.69, 9.17) is 5.11 Å². The highest BCUT2D eigenvalue weighted by Crippen LogP contribution is 2.30. The summed E-state index contributed by atoms with van der Waals surface area (Å²) >= 11 is 0. The zero-order valence-corrected chi connectivity index (χ0v) is 11.3. The first-order chi connectivity index (χ1) is 9.01. The molecule has 0 unspecified atom stereocenters. The molecule has 0 spiro atoms. The maximum absolute atomic E-state index is 12.4. The number of aryl methyl sites for hydroxylation is 2. The molecule has 1 amide bonds. The van der Waals surface area contributed by atoms with Gasteiger partial charge < -0.3 is 10.0 Å². The zero-order valence-electron chi connectivity index (χ0n) is 11.3. The lowest BCUT2D eigenvalue weighted by molar-refractivity contribution is -0.137. The molecule has 6 nitrogen and oxygen atoms in total. The Kier molecular flexibility index (Phi) is 3.87. The minimum absolute atomic E-state index is 0.239. The molecule has 1 aliphatic rings. The number of carboxylic acids is 1. The normalized spacial score (nSPS) is 14.4. The topological polar surface area (TPSA) is 75.4 Å². The third-order valence-corrected chi connectivity index (χ3v) is 3.21. The fourth-order valence-electron chi connectivity index (χ4n) is 2.12. The van der Waals surface area contributed by atoms with Crippen LogP contribution in [0.4, 0.5) is 0 Å². The molecule has 6 heteroatoms. The van der Waals surface area contributed by atoms with E-state index in [1.54, 1.807) is 10.7 Å². The first-order valence-corrected chi connectivity index (χ1v) is 6.56. The molecule has 0 radical (unpaired) electrons. The number of nitrogens with zero attached hydrogens (tertiary/aromatic N) is 3. The van der Waals surface area contributed by atoms with Crippen molar-refractivity contribution in [2.24, 2.45) is 5.92 Å². The zero-order chi connectivity index (χ0) is 14.0. The smallest absolute Gasteiger partial charge is 0.323 e. The van der Waals surface area contributed by atoms with Gasteiger partial charge in [-0.2, -0.15) is 5.10 Å². The van der Waals surface area contributed by atoms with Crippen molar-refractivity contribution in [3.8, 4) is 0 Å². The summed E-state index contributed by atoms with van der Waals surface area (Å²) in [5, 5.41) is 13.2. The van der Waals surface area contributed by atoms with E-state index in [-0.39, 0.29) is 12.5 Å². The monoisotopic (exact) mass is 265 g/mol. The summed E-state index contributed by atoms with van der Waals surface area (Å²) in [6, 6.07) is 1.72. The summed E-state index contributed by atoms with van der Waals surface area (Å²) in [5.74, 6) is -0.757. The van der Waals surface area contributed by atoms with Crippen molar-refractivity contribution in [2.75, 3.05) is 13.1 Å². The van der Waals surface area contributed by atoms with E-state index >= 15 is 0 Å². The lowest BCUT2D eigenvalue weighted by Gasteiger charge is -2.20. The Morgan fingerprint density at radius 2 is 2.21 bits per heavy atom. The van der Waals surface area contributed by atoms with E-state index in [0.717, 1.165) is 18.5 Å². The van der Waals surface area contributed by atoms with Crippen LogP contribution < -0.4 is 0 Å². The van der Waals surface area contributed by atoms with Crippen molar-refractivity contribution in [3.05, 3.63) is 17.5 Å². The van der Waals surface area contributed by atoms with Gasteiger partial charge in [0.1, 0.15) is 12.2 Å². The molecule has 0 aliphatic heterocycles. The van der Waals surface area contributed by atoms with Gasteiger partial charge in [0.15, 0.2) is 0 Å². The van der Waals surface area contributed by atoms with Gasteiger partial charge in [-0.3, -0.25) is 14.3 Å². The van der Waals surface area contributed by atoms with Crippen LogP contribution in [0.5, 0.6) is 0 Å². The first kappa shape index (κ1) is 13.6. The highest BCUT2D eigenvalue weighted by Gasteiger charge is 2.29. The SMILES string of the molecule is CCn1nc(C)cc1C(=O)N(CC(=O)O)CC1CC1. The molecule has 1 N–H and O–H groups in total. The van der Waals surface area contributed by atoms with E-state index in [2.05, 4.69) is 5.10 Å². The third-order valence-electron chi connectivity index (χ3n) is 3.21. The molecule has 1 aliphatic carbocycles. The molecule has 1 heterocycles. The van der Waals surface area contributed by atoms with Crippen LogP contribution in [-0.4, -0.2) is 44.8 Å². The Balaban J connectivity index is 2.18. The average molecular weight is 265 g/mol. The largest absolute Gasteiger partial charge is 0.480 e. The predicted octanol–water partition coefficient (Wildman–Crippen LogP) is 1.15. The van der Waals surface area contributed by atoms with Crippen molar-refractivity contribution < 1.29 is 14.7 Å². The van der Waals surface area contributed by atoms with Gasteiger partial charge in [-0.15, -0.1) is 0 Å². The van der Waals surface area contributed by atoms with Gasteiger partial charge in [-0.25, -0.2) is 0 Å². The third kappa shape index (κ3) is 3.33. The molecular formula is C13H19N3O3. The summed E-state index contributed by atoms with van der Waals surface area (Å²) in [7, 11) is 0. The second-order valence-corrected chi connectivity index (χ2v) is 5.01. The minimum atomic E-state index is -0.978. The fourth-order valence-corrected chi connectivity index (χ4v) is 2.12. The van der Waals surface area contributed by atoms with Crippen LogP contribution in [0.15, 0.2) is 6.07 Å². The summed E-state index contributed by atoms with van der Waals surface area (Å²) in [6.07, 6.45) is 2.16. The first-order valence-electron chi connectivity index (χ1n) is 6.56. The number of aromatic nitrogens is 2. The van der Waals surface area contributed by atoms with Crippen molar-refractivity contribution in [1.29, 1.82) is 0 Å². The predicted molar refractivity (Wildman–Crippen MR) is 68.9 cm³/mol. The van der Waals surface area contributed by atoms with Gasteiger partial charge in [-0.05, 0) is 38.7 Å². The summed E-state index contributed by atoms with van der Waals surface area (Å²) in [4.78, 5) is 24.7. The summed E-state index contributed by atoms with van der Waals surface area (Å²) in [5.41, 5.74) is 1.24. The Labute approximate surface area is 112 Å². The van der Waals surface area contributed by atoms with Crippen LogP contribution in [-0.2, 0) is 11.3 Å². The number of carbonyl (C=O) groups excluding carboxylic acids is 1. The second-order valence-electron chi connectivity index (χ2n) is 5.01. The lowest BCUT2D eigenvalue weighted by Crippen LogP contribution is -2.38. The molecule has 104 valence electrons. The average Bonchev–Trinajstić information content (AvgIpc) is 3.07. The fraction of sp³-hybridized carbons (Fsp3) is 0.615. The number of carbonyl (C=O) groups is 2. The molecule has 0 bridgehead atoms. The van der Waals surface area contributed by atoms with Crippen LogP contribution in [0.3, 0.4) is 0 Å². The maximum Gasteiger partial charge on any atom is 0.323 e. The van der Waals surface area contributed by atoms with Gasteiger partial charge in [0.25, 0.3) is 5.91 Å². The molecule has 0 atom stereocenters. The number of rotatable bonds is 6. The van der Waals surface area contributed by atoms with Gasteiger partial charge in [0.05, 0.1) is 5.69 Å². The van der Waals surface area contributed by atoms with Gasteiger partial charge in [0.2, 0.25) is 0 Å². The van der Waals surface area contributed by atoms with Crippen LogP contribution in [0, 0.1) is 12.8 Å². The standard InChI is InChI=1S/C13H19N3O3/c1-3-16-11(6-9(2)14-16)13(19)15(8-12(17)18)7-10-4-5-10/h6,10H,3-5,7-8H2,1-2H3,(H,17,18). The van der Waals surface area contributed by atoms with E-state index < -0.39 is 5.97 Å². The van der Waals surface area contributed by atoms with Crippen LogP contribution in [0.1, 0.15) is 35.9 Å². The second kappa shape index (κ2) is 5.42. The van der Waals surface area contributed by atoms with E-state index in [0.29, 0.717) is 24.7 Å². The maximum atomic E-state index is 12.4. The lowest BCUT2D eigenvalue weighted by atomic mass is 10.3. The van der Waals surface area contributed by atoms with Crippen LogP contribution in [0.2, 0.25) is 0 Å². The summed E-state index contributed by atoms with van der Waals surface area (Å²) < 4.78 is 1.62. The Bertz CT molecular complexity index is 491. The highest BCUT2D eigenvalue weighted by atomic mass is 16.4. The molecule has 1 fully saturated rings. The van der Waals surface area contributed by atoms with Gasteiger partial charge in [0, 0.05) is 13.1 Å². The molecular weight excluding hydrogens is 246 g/mol. The van der Waals surface area contributed by atoms with Crippen LogP contribution in [0.25, 0.3) is 0 Å². The number of hydrogen-bond acceptors (Lipinski definition) is 3. The molecule has 2 rings (SSSR count). The van der Waals surface area contributed by atoms with E-state index in [1.807, 2.05) is 13.8 Å². The Morgan fingerprint density at radius 3 is 2.74 bits per heavy atom. The number of aliphatic carboxylic acids is 1. The van der Waals surface area contributed by atoms with Crippen molar-refractivity contribution >= 4 is 11.9 Å².